The lowest BCUT2D eigenvalue weighted by atomic mass is 9.99. The molecule has 2 rings (SSSR count). The predicted molar refractivity (Wildman–Crippen MR) is 81.5 cm³/mol. The molecular formula is C15H21BrN2O. The van der Waals surface area contributed by atoms with E-state index in [1.54, 1.807) is 0 Å². The van der Waals surface area contributed by atoms with E-state index in [4.69, 9.17) is 0 Å². The van der Waals surface area contributed by atoms with E-state index < -0.39 is 0 Å². The smallest absolute Gasteiger partial charge is 0.254 e. The van der Waals surface area contributed by atoms with Gasteiger partial charge in [-0.3, -0.25) is 4.79 Å². The summed E-state index contributed by atoms with van der Waals surface area (Å²) in [5, 5.41) is 3.20. The van der Waals surface area contributed by atoms with Crippen LogP contribution in [0, 0.1) is 6.92 Å². The van der Waals surface area contributed by atoms with Gasteiger partial charge in [-0.2, -0.15) is 0 Å². The van der Waals surface area contributed by atoms with Crippen LogP contribution in [-0.4, -0.2) is 37.0 Å². The summed E-state index contributed by atoms with van der Waals surface area (Å²) in [6.45, 7) is 3.74. The Kier molecular flexibility index (Phi) is 4.99. The van der Waals surface area contributed by atoms with Gasteiger partial charge in [-0.15, -0.1) is 0 Å². The Hall–Kier alpha value is -0.870. The summed E-state index contributed by atoms with van der Waals surface area (Å²) < 4.78 is 1.00. The van der Waals surface area contributed by atoms with Gasteiger partial charge in [0, 0.05) is 29.2 Å². The van der Waals surface area contributed by atoms with Gasteiger partial charge in [0.25, 0.3) is 5.91 Å². The number of rotatable bonds is 3. The van der Waals surface area contributed by atoms with Crippen LogP contribution in [-0.2, 0) is 0 Å². The number of carbonyl (C=O) groups is 1. The van der Waals surface area contributed by atoms with Crippen LogP contribution in [0.1, 0.15) is 35.2 Å². The van der Waals surface area contributed by atoms with Gasteiger partial charge in [-0.05, 0) is 50.9 Å². The van der Waals surface area contributed by atoms with Crippen molar-refractivity contribution in [3.8, 4) is 0 Å². The van der Waals surface area contributed by atoms with Gasteiger partial charge in [-0.25, -0.2) is 0 Å². The number of hydrogen-bond acceptors (Lipinski definition) is 2. The normalized spacial score (nSPS) is 19.5. The third-order valence-electron chi connectivity index (χ3n) is 3.83. The lowest BCUT2D eigenvalue weighted by Crippen LogP contribution is -2.48. The molecule has 3 nitrogen and oxygen atoms in total. The number of benzene rings is 1. The topological polar surface area (TPSA) is 32.3 Å². The lowest BCUT2D eigenvalue weighted by Gasteiger charge is -2.36. The summed E-state index contributed by atoms with van der Waals surface area (Å²) in [5.74, 6) is 0.166. The summed E-state index contributed by atoms with van der Waals surface area (Å²) >= 11 is 3.50. The molecular weight excluding hydrogens is 304 g/mol. The maximum atomic E-state index is 12.7. The number of likely N-dealkylation sites (tertiary alicyclic amines) is 1. The summed E-state index contributed by atoms with van der Waals surface area (Å²) in [5.41, 5.74) is 1.85. The Morgan fingerprint density at radius 3 is 3.00 bits per heavy atom. The molecule has 0 aromatic heterocycles. The average molecular weight is 325 g/mol. The second-order valence-electron chi connectivity index (χ2n) is 5.12. The highest BCUT2D eigenvalue weighted by atomic mass is 79.9. The highest BCUT2D eigenvalue weighted by molar-refractivity contribution is 9.10. The summed E-state index contributed by atoms with van der Waals surface area (Å²) in [6, 6.07) is 6.16. The molecule has 0 radical (unpaired) electrons. The number of piperidine rings is 1. The van der Waals surface area contributed by atoms with E-state index in [-0.39, 0.29) is 5.91 Å². The van der Waals surface area contributed by atoms with Crippen molar-refractivity contribution in [1.29, 1.82) is 0 Å². The maximum absolute atomic E-state index is 12.7. The molecule has 104 valence electrons. The first-order valence-electron chi connectivity index (χ1n) is 6.86. The molecule has 1 N–H and O–H groups in total. The van der Waals surface area contributed by atoms with Crippen molar-refractivity contribution < 1.29 is 4.79 Å². The zero-order valence-electron chi connectivity index (χ0n) is 11.6. The molecule has 1 heterocycles. The molecule has 0 aliphatic carbocycles. The highest BCUT2D eigenvalue weighted by Gasteiger charge is 2.27. The number of likely N-dealkylation sites (N-methyl/N-ethyl adjacent to an activating group) is 1. The minimum absolute atomic E-state index is 0.166. The van der Waals surface area contributed by atoms with Crippen molar-refractivity contribution >= 4 is 21.8 Å². The first-order valence-corrected chi connectivity index (χ1v) is 7.65. The Labute approximate surface area is 123 Å². The molecule has 19 heavy (non-hydrogen) atoms. The average Bonchev–Trinajstić information content (AvgIpc) is 2.42. The molecule has 1 saturated heterocycles. The molecule has 0 spiro atoms. The summed E-state index contributed by atoms with van der Waals surface area (Å²) in [6.07, 6.45) is 3.42. The SMILES string of the molecule is CNCC1CCCCN1C(=O)c1cccc(Br)c1C. The van der Waals surface area contributed by atoms with Crippen molar-refractivity contribution in [3.05, 3.63) is 33.8 Å². The van der Waals surface area contributed by atoms with Crippen LogP contribution in [0.25, 0.3) is 0 Å². The van der Waals surface area contributed by atoms with Crippen LogP contribution in [0.2, 0.25) is 0 Å². The van der Waals surface area contributed by atoms with E-state index in [9.17, 15) is 4.79 Å². The van der Waals surface area contributed by atoms with Gasteiger partial charge < -0.3 is 10.2 Å². The number of nitrogens with zero attached hydrogens (tertiary/aromatic N) is 1. The van der Waals surface area contributed by atoms with Crippen LogP contribution in [0.4, 0.5) is 0 Å². The molecule has 0 saturated carbocycles. The van der Waals surface area contributed by atoms with Crippen molar-refractivity contribution in [2.45, 2.75) is 32.2 Å². The fourth-order valence-corrected chi connectivity index (χ4v) is 3.08. The number of halogens is 1. The molecule has 1 unspecified atom stereocenters. The van der Waals surface area contributed by atoms with E-state index in [2.05, 4.69) is 21.2 Å². The summed E-state index contributed by atoms with van der Waals surface area (Å²) in [4.78, 5) is 14.8. The zero-order chi connectivity index (χ0) is 13.8. The third-order valence-corrected chi connectivity index (χ3v) is 4.68. The molecule has 1 aliphatic rings. The monoisotopic (exact) mass is 324 g/mol. The van der Waals surface area contributed by atoms with Gasteiger partial charge >= 0.3 is 0 Å². The van der Waals surface area contributed by atoms with Crippen LogP contribution in [0.15, 0.2) is 22.7 Å². The second-order valence-corrected chi connectivity index (χ2v) is 5.97. The number of nitrogens with one attached hydrogen (secondary N) is 1. The van der Waals surface area contributed by atoms with E-state index in [1.807, 2.05) is 37.1 Å². The van der Waals surface area contributed by atoms with Crippen molar-refractivity contribution in [1.82, 2.24) is 10.2 Å². The van der Waals surface area contributed by atoms with E-state index in [0.29, 0.717) is 6.04 Å². The molecule has 0 bridgehead atoms. The minimum Gasteiger partial charge on any atom is -0.334 e. The Morgan fingerprint density at radius 2 is 2.26 bits per heavy atom. The van der Waals surface area contributed by atoms with Crippen LogP contribution in [0.5, 0.6) is 0 Å². The lowest BCUT2D eigenvalue weighted by molar-refractivity contribution is 0.0614. The van der Waals surface area contributed by atoms with Crippen molar-refractivity contribution in [2.24, 2.45) is 0 Å². The minimum atomic E-state index is 0.166. The molecule has 1 amide bonds. The molecule has 1 aromatic carbocycles. The first-order chi connectivity index (χ1) is 9.15. The second kappa shape index (κ2) is 6.53. The van der Waals surface area contributed by atoms with Crippen LogP contribution in [0.3, 0.4) is 0 Å². The van der Waals surface area contributed by atoms with Gasteiger partial charge in [0.1, 0.15) is 0 Å². The van der Waals surface area contributed by atoms with Gasteiger partial charge in [0.2, 0.25) is 0 Å². The molecule has 4 heteroatoms. The standard InChI is InChI=1S/C15H21BrN2O/c1-11-13(7-5-8-14(11)16)15(19)18-9-4-3-6-12(18)10-17-2/h5,7-8,12,17H,3-4,6,9-10H2,1-2H3. The van der Waals surface area contributed by atoms with Crippen molar-refractivity contribution in [2.75, 3.05) is 20.1 Å². The Morgan fingerprint density at radius 1 is 1.47 bits per heavy atom. The fourth-order valence-electron chi connectivity index (χ4n) is 2.71. The fraction of sp³-hybridized carbons (Fsp3) is 0.533. The first kappa shape index (κ1) is 14.5. The van der Waals surface area contributed by atoms with Gasteiger partial charge in [-0.1, -0.05) is 22.0 Å². The Balaban J connectivity index is 2.23. The molecule has 1 aromatic rings. The predicted octanol–water partition coefficient (Wildman–Crippen LogP) is 2.97. The number of amides is 1. The largest absolute Gasteiger partial charge is 0.334 e. The third kappa shape index (κ3) is 3.18. The van der Waals surface area contributed by atoms with E-state index in [0.717, 1.165) is 41.5 Å². The molecule has 1 atom stereocenters. The van der Waals surface area contributed by atoms with Crippen LogP contribution < -0.4 is 5.32 Å². The maximum Gasteiger partial charge on any atom is 0.254 e. The van der Waals surface area contributed by atoms with Crippen molar-refractivity contribution in [3.63, 3.8) is 0 Å². The Bertz CT molecular complexity index is 459. The quantitative estimate of drug-likeness (QED) is 0.927. The van der Waals surface area contributed by atoms with E-state index >= 15 is 0 Å². The number of hydrogen-bond donors (Lipinski definition) is 1. The highest BCUT2D eigenvalue weighted by Crippen LogP contribution is 2.24. The number of carbonyl (C=O) groups excluding carboxylic acids is 1. The van der Waals surface area contributed by atoms with Crippen LogP contribution >= 0.6 is 15.9 Å². The molecule has 1 aliphatic heterocycles. The molecule has 1 fully saturated rings. The zero-order valence-corrected chi connectivity index (χ0v) is 13.2. The van der Waals surface area contributed by atoms with Gasteiger partial charge in [0.15, 0.2) is 0 Å². The summed E-state index contributed by atoms with van der Waals surface area (Å²) in [7, 11) is 1.95. The van der Waals surface area contributed by atoms with E-state index in [1.165, 1.54) is 6.42 Å². The van der Waals surface area contributed by atoms with Gasteiger partial charge in [0.05, 0.1) is 0 Å².